The van der Waals surface area contributed by atoms with Crippen molar-refractivity contribution in [2.24, 2.45) is 11.7 Å². The number of hydrogen-bond donors (Lipinski definition) is 1. The second kappa shape index (κ2) is 4.47. The molecule has 4 nitrogen and oxygen atoms in total. The number of oxazole rings is 1. The zero-order valence-electron chi connectivity index (χ0n) is 9.80. The fraction of sp³-hybridized carbons (Fsp3) is 0.462. The summed E-state index contributed by atoms with van der Waals surface area (Å²) in [7, 11) is 0. The molecule has 0 radical (unpaired) electrons. The van der Waals surface area contributed by atoms with E-state index < -0.39 is 0 Å². The largest absolute Gasteiger partial charge is 0.439 e. The van der Waals surface area contributed by atoms with Crippen LogP contribution >= 0.6 is 0 Å². The number of aromatic nitrogens is 1. The molecule has 1 aliphatic rings. The van der Waals surface area contributed by atoms with Crippen molar-refractivity contribution in [3.05, 3.63) is 30.2 Å². The Hall–Kier alpha value is -1.39. The molecule has 1 aliphatic heterocycles. The Bertz CT molecular complexity index is 475. The highest BCUT2D eigenvalue weighted by atomic mass is 16.3. The minimum absolute atomic E-state index is 0.638. The van der Waals surface area contributed by atoms with Crippen LogP contribution in [0.1, 0.15) is 12.3 Å². The Balaban J connectivity index is 1.73. The van der Waals surface area contributed by atoms with Crippen LogP contribution in [0.25, 0.3) is 11.1 Å². The first-order chi connectivity index (χ1) is 8.35. The molecule has 0 spiro atoms. The summed E-state index contributed by atoms with van der Waals surface area (Å²) in [6, 6.07) is 7.89. The van der Waals surface area contributed by atoms with E-state index in [2.05, 4.69) is 9.88 Å². The second-order valence-corrected chi connectivity index (χ2v) is 4.70. The summed E-state index contributed by atoms with van der Waals surface area (Å²) < 4.78 is 5.71. The third kappa shape index (κ3) is 2.18. The van der Waals surface area contributed by atoms with Gasteiger partial charge in [-0.25, -0.2) is 4.98 Å². The number of likely N-dealkylation sites (tertiary alicyclic amines) is 1. The number of para-hydroxylation sites is 2. The van der Waals surface area contributed by atoms with Gasteiger partial charge in [0.05, 0.1) is 6.54 Å². The van der Waals surface area contributed by atoms with E-state index in [9.17, 15) is 0 Å². The van der Waals surface area contributed by atoms with Crippen molar-refractivity contribution >= 4 is 11.1 Å². The molecule has 2 aromatic rings. The third-order valence-electron chi connectivity index (χ3n) is 3.40. The van der Waals surface area contributed by atoms with Gasteiger partial charge in [0, 0.05) is 6.54 Å². The molecule has 17 heavy (non-hydrogen) atoms. The molecule has 1 saturated heterocycles. The second-order valence-electron chi connectivity index (χ2n) is 4.70. The molecule has 2 N–H and O–H groups in total. The van der Waals surface area contributed by atoms with Gasteiger partial charge in [-0.3, -0.25) is 4.90 Å². The topological polar surface area (TPSA) is 55.3 Å². The summed E-state index contributed by atoms with van der Waals surface area (Å²) in [6.45, 7) is 3.74. The van der Waals surface area contributed by atoms with Gasteiger partial charge in [0.15, 0.2) is 5.58 Å². The Morgan fingerprint density at radius 1 is 1.41 bits per heavy atom. The number of rotatable bonds is 3. The average Bonchev–Trinajstić information content (AvgIpc) is 2.94. The van der Waals surface area contributed by atoms with Crippen LogP contribution in [0.2, 0.25) is 0 Å². The first-order valence-corrected chi connectivity index (χ1v) is 6.12. The van der Waals surface area contributed by atoms with Gasteiger partial charge >= 0.3 is 0 Å². The molecular formula is C13H17N3O. The average molecular weight is 231 g/mol. The van der Waals surface area contributed by atoms with Gasteiger partial charge in [-0.1, -0.05) is 12.1 Å². The smallest absolute Gasteiger partial charge is 0.209 e. The highest BCUT2D eigenvalue weighted by molar-refractivity contribution is 5.72. The standard InChI is InChI=1S/C13H17N3O/c14-7-10-5-6-16(8-10)9-13-15-11-3-1-2-4-12(11)17-13/h1-4,10H,5-9,14H2. The highest BCUT2D eigenvalue weighted by Gasteiger charge is 2.22. The molecule has 4 heteroatoms. The molecule has 0 aliphatic carbocycles. The maximum absolute atomic E-state index is 5.71. The number of fused-ring (bicyclic) bond motifs is 1. The Labute approximate surface area is 100 Å². The zero-order valence-corrected chi connectivity index (χ0v) is 9.80. The van der Waals surface area contributed by atoms with Crippen LogP contribution in [0, 0.1) is 5.92 Å². The van der Waals surface area contributed by atoms with E-state index in [1.807, 2.05) is 24.3 Å². The van der Waals surface area contributed by atoms with E-state index >= 15 is 0 Å². The van der Waals surface area contributed by atoms with E-state index in [1.165, 1.54) is 6.42 Å². The minimum Gasteiger partial charge on any atom is -0.439 e. The predicted octanol–water partition coefficient (Wildman–Crippen LogP) is 1.61. The molecule has 1 fully saturated rings. The molecule has 2 heterocycles. The molecule has 1 unspecified atom stereocenters. The molecule has 0 amide bonds. The van der Waals surface area contributed by atoms with Gasteiger partial charge in [-0.05, 0) is 37.6 Å². The fourth-order valence-electron chi connectivity index (χ4n) is 2.43. The first kappa shape index (κ1) is 10.7. The normalized spacial score (nSPS) is 21.4. The Morgan fingerprint density at radius 3 is 3.06 bits per heavy atom. The molecular weight excluding hydrogens is 214 g/mol. The van der Waals surface area contributed by atoms with Gasteiger partial charge in [-0.2, -0.15) is 0 Å². The van der Waals surface area contributed by atoms with E-state index in [4.69, 9.17) is 10.2 Å². The monoisotopic (exact) mass is 231 g/mol. The van der Waals surface area contributed by atoms with Crippen LogP contribution in [-0.4, -0.2) is 29.5 Å². The maximum Gasteiger partial charge on any atom is 0.209 e. The maximum atomic E-state index is 5.71. The molecule has 1 aromatic carbocycles. The third-order valence-corrected chi connectivity index (χ3v) is 3.40. The summed E-state index contributed by atoms with van der Waals surface area (Å²) in [5, 5.41) is 0. The lowest BCUT2D eigenvalue weighted by molar-refractivity contribution is 0.285. The summed E-state index contributed by atoms with van der Waals surface area (Å²) >= 11 is 0. The van der Waals surface area contributed by atoms with Crippen molar-refractivity contribution in [3.63, 3.8) is 0 Å². The first-order valence-electron chi connectivity index (χ1n) is 6.12. The van der Waals surface area contributed by atoms with Crippen molar-refractivity contribution in [1.82, 2.24) is 9.88 Å². The Morgan fingerprint density at radius 2 is 2.29 bits per heavy atom. The van der Waals surface area contributed by atoms with Gasteiger partial charge in [0.1, 0.15) is 5.52 Å². The number of nitrogens with zero attached hydrogens (tertiary/aromatic N) is 2. The van der Waals surface area contributed by atoms with Gasteiger partial charge in [0.2, 0.25) is 5.89 Å². The van der Waals surface area contributed by atoms with Gasteiger partial charge in [-0.15, -0.1) is 0 Å². The lowest BCUT2D eigenvalue weighted by Gasteiger charge is -2.12. The summed E-state index contributed by atoms with van der Waals surface area (Å²) in [4.78, 5) is 6.85. The van der Waals surface area contributed by atoms with Gasteiger partial charge < -0.3 is 10.2 Å². The molecule has 0 saturated carbocycles. The van der Waals surface area contributed by atoms with Crippen molar-refractivity contribution in [1.29, 1.82) is 0 Å². The fourth-order valence-corrected chi connectivity index (χ4v) is 2.43. The summed E-state index contributed by atoms with van der Waals surface area (Å²) in [5.74, 6) is 1.45. The van der Waals surface area contributed by atoms with Crippen LogP contribution < -0.4 is 5.73 Å². The van der Waals surface area contributed by atoms with Crippen LogP contribution in [0.3, 0.4) is 0 Å². The number of benzene rings is 1. The summed E-state index contributed by atoms with van der Waals surface area (Å²) in [5.41, 5.74) is 7.50. The number of hydrogen-bond acceptors (Lipinski definition) is 4. The van der Waals surface area contributed by atoms with E-state index in [0.29, 0.717) is 5.92 Å². The number of nitrogens with two attached hydrogens (primary N) is 1. The molecule has 0 bridgehead atoms. The van der Waals surface area contributed by atoms with E-state index in [1.54, 1.807) is 0 Å². The van der Waals surface area contributed by atoms with Crippen molar-refractivity contribution in [3.8, 4) is 0 Å². The van der Waals surface area contributed by atoms with Crippen molar-refractivity contribution in [2.45, 2.75) is 13.0 Å². The van der Waals surface area contributed by atoms with Crippen LogP contribution in [0.15, 0.2) is 28.7 Å². The highest BCUT2D eigenvalue weighted by Crippen LogP contribution is 2.20. The lowest BCUT2D eigenvalue weighted by atomic mass is 10.1. The zero-order chi connectivity index (χ0) is 11.7. The minimum atomic E-state index is 0.638. The predicted molar refractivity (Wildman–Crippen MR) is 66.4 cm³/mol. The van der Waals surface area contributed by atoms with Crippen molar-refractivity contribution < 1.29 is 4.42 Å². The van der Waals surface area contributed by atoms with Crippen LogP contribution in [0.5, 0.6) is 0 Å². The molecule has 90 valence electrons. The lowest BCUT2D eigenvalue weighted by Crippen LogP contribution is -2.22. The van der Waals surface area contributed by atoms with Gasteiger partial charge in [0.25, 0.3) is 0 Å². The Kier molecular flexibility index (Phi) is 2.82. The van der Waals surface area contributed by atoms with Crippen LogP contribution in [0.4, 0.5) is 0 Å². The summed E-state index contributed by atoms with van der Waals surface area (Å²) in [6.07, 6.45) is 1.19. The SMILES string of the molecule is NCC1CCN(Cc2nc3ccccc3o2)C1. The molecule has 3 rings (SSSR count). The quantitative estimate of drug-likeness (QED) is 0.872. The molecule has 1 atom stereocenters. The van der Waals surface area contributed by atoms with E-state index in [0.717, 1.165) is 43.2 Å². The van der Waals surface area contributed by atoms with Crippen LogP contribution in [-0.2, 0) is 6.54 Å². The van der Waals surface area contributed by atoms with Crippen molar-refractivity contribution in [2.75, 3.05) is 19.6 Å². The molecule has 1 aromatic heterocycles. The van der Waals surface area contributed by atoms with E-state index in [-0.39, 0.29) is 0 Å².